The molecule has 0 bridgehead atoms. The van der Waals surface area contributed by atoms with E-state index >= 15 is 0 Å². The molecule has 2 nitrogen and oxygen atoms in total. The Morgan fingerprint density at radius 1 is 0.846 bits per heavy atom. The van der Waals surface area contributed by atoms with Crippen LogP contribution in [0.1, 0.15) is 0 Å². The van der Waals surface area contributed by atoms with E-state index in [4.69, 9.17) is 0 Å². The van der Waals surface area contributed by atoms with Crippen LogP contribution < -0.4 is 4.73 Å². The third kappa shape index (κ3) is 1.51. The summed E-state index contributed by atoms with van der Waals surface area (Å²) < 4.78 is 0.870. The van der Waals surface area contributed by atoms with Gasteiger partial charge in [-0.15, -0.1) is 0 Å². The molecule has 0 atom stereocenters. The molecule has 1 heterocycles. The molecule has 0 saturated carbocycles. The smallest absolute Gasteiger partial charge is 0.223 e. The van der Waals surface area contributed by atoms with E-state index in [1.807, 2.05) is 42.5 Å². The van der Waals surface area contributed by atoms with Crippen molar-refractivity contribution < 1.29 is 4.73 Å². The van der Waals surface area contributed by atoms with E-state index in [0.29, 0.717) is 5.69 Å². The van der Waals surface area contributed by atoms with E-state index < -0.39 is 0 Å². The van der Waals surface area contributed by atoms with Crippen molar-refractivity contribution in [3.8, 4) is 11.3 Å². The minimum Gasteiger partial charge on any atom is -0.618 e. The first-order valence-electron chi connectivity index (χ1n) is 4.11. The Balaban J connectivity index is 2.54. The summed E-state index contributed by atoms with van der Waals surface area (Å²) in [6.45, 7) is 0. The molecule has 2 heteroatoms. The summed E-state index contributed by atoms with van der Waals surface area (Å²) in [5.74, 6) is 0. The van der Waals surface area contributed by atoms with Crippen LogP contribution in [0, 0.1) is 5.21 Å². The summed E-state index contributed by atoms with van der Waals surface area (Å²) in [6.07, 6.45) is 1.50. The van der Waals surface area contributed by atoms with E-state index in [2.05, 4.69) is 0 Å². The zero-order valence-corrected chi connectivity index (χ0v) is 7.05. The molecule has 0 spiro atoms. The molecular formula is C11H9NO. The quantitative estimate of drug-likeness (QED) is 0.476. The lowest BCUT2D eigenvalue weighted by Crippen LogP contribution is -2.27. The minimum absolute atomic E-state index is 0.683. The Morgan fingerprint density at radius 3 is 2.23 bits per heavy atom. The first-order chi connectivity index (χ1) is 6.38. The molecule has 1 aromatic heterocycles. The Hall–Kier alpha value is -1.83. The van der Waals surface area contributed by atoms with Crippen LogP contribution in [0.3, 0.4) is 0 Å². The Morgan fingerprint density at radius 2 is 1.54 bits per heavy atom. The van der Waals surface area contributed by atoms with Crippen LogP contribution in [-0.2, 0) is 0 Å². The van der Waals surface area contributed by atoms with Gasteiger partial charge >= 0.3 is 0 Å². The molecule has 0 fully saturated rings. The van der Waals surface area contributed by atoms with Gasteiger partial charge in [0.05, 0.1) is 0 Å². The van der Waals surface area contributed by atoms with Crippen molar-refractivity contribution in [2.24, 2.45) is 0 Å². The van der Waals surface area contributed by atoms with Crippen molar-refractivity contribution in [2.45, 2.75) is 0 Å². The summed E-state index contributed by atoms with van der Waals surface area (Å²) >= 11 is 0. The van der Waals surface area contributed by atoms with Crippen molar-refractivity contribution in [1.29, 1.82) is 0 Å². The van der Waals surface area contributed by atoms with Gasteiger partial charge in [-0.1, -0.05) is 18.2 Å². The first-order valence-corrected chi connectivity index (χ1v) is 4.11. The monoisotopic (exact) mass is 171 g/mol. The number of nitrogens with zero attached hydrogens (tertiary/aromatic N) is 1. The SMILES string of the molecule is [O-][n+]1ccccc1-c1ccccc1. The summed E-state index contributed by atoms with van der Waals surface area (Å²) in [6, 6.07) is 15.0. The molecule has 0 aliphatic heterocycles. The van der Waals surface area contributed by atoms with Crippen LogP contribution in [0.5, 0.6) is 0 Å². The maximum atomic E-state index is 11.3. The fourth-order valence-corrected chi connectivity index (χ4v) is 1.26. The van der Waals surface area contributed by atoms with Gasteiger partial charge in [-0.05, 0) is 18.2 Å². The summed E-state index contributed by atoms with van der Waals surface area (Å²) in [5.41, 5.74) is 1.63. The predicted molar refractivity (Wildman–Crippen MR) is 50.8 cm³/mol. The van der Waals surface area contributed by atoms with Crippen molar-refractivity contribution >= 4 is 0 Å². The van der Waals surface area contributed by atoms with E-state index in [1.165, 1.54) is 6.20 Å². The van der Waals surface area contributed by atoms with Gasteiger partial charge in [0.15, 0.2) is 6.20 Å². The lowest BCUT2D eigenvalue weighted by atomic mass is 10.1. The van der Waals surface area contributed by atoms with Crippen molar-refractivity contribution in [3.63, 3.8) is 0 Å². The molecule has 0 aliphatic rings. The van der Waals surface area contributed by atoms with E-state index in [0.717, 1.165) is 10.3 Å². The number of hydrogen-bond acceptors (Lipinski definition) is 1. The summed E-state index contributed by atoms with van der Waals surface area (Å²) in [5, 5.41) is 11.3. The van der Waals surface area contributed by atoms with Gasteiger partial charge in [-0.2, -0.15) is 4.73 Å². The molecule has 13 heavy (non-hydrogen) atoms. The third-order valence-electron chi connectivity index (χ3n) is 1.89. The molecule has 0 saturated heterocycles. The van der Waals surface area contributed by atoms with Gasteiger partial charge in [-0.25, -0.2) is 0 Å². The molecule has 0 unspecified atom stereocenters. The summed E-state index contributed by atoms with van der Waals surface area (Å²) in [7, 11) is 0. The normalized spacial score (nSPS) is 9.85. The first kappa shape index (κ1) is 7.80. The van der Waals surface area contributed by atoms with E-state index in [9.17, 15) is 5.21 Å². The van der Waals surface area contributed by atoms with Crippen LogP contribution in [0.4, 0.5) is 0 Å². The number of aromatic nitrogens is 1. The second-order valence-electron chi connectivity index (χ2n) is 2.78. The van der Waals surface area contributed by atoms with Gasteiger partial charge in [-0.3, -0.25) is 0 Å². The third-order valence-corrected chi connectivity index (χ3v) is 1.89. The van der Waals surface area contributed by atoms with Gasteiger partial charge in [0, 0.05) is 17.7 Å². The zero-order valence-electron chi connectivity index (χ0n) is 7.05. The lowest BCUT2D eigenvalue weighted by molar-refractivity contribution is -0.593. The maximum Gasteiger partial charge on any atom is 0.223 e. The molecule has 2 aromatic rings. The molecule has 0 N–H and O–H groups in total. The van der Waals surface area contributed by atoms with Crippen LogP contribution in [0.2, 0.25) is 0 Å². The van der Waals surface area contributed by atoms with Gasteiger partial charge in [0.1, 0.15) is 0 Å². The standard InChI is InChI=1S/C11H9NO/c13-12-9-5-4-8-11(12)10-6-2-1-3-7-10/h1-9H. The Bertz CT molecular complexity index is 398. The fourth-order valence-electron chi connectivity index (χ4n) is 1.26. The molecule has 2 rings (SSSR count). The Kier molecular flexibility index (Phi) is 1.96. The average Bonchev–Trinajstić information content (AvgIpc) is 2.20. The van der Waals surface area contributed by atoms with Gasteiger partial charge < -0.3 is 5.21 Å². The highest BCUT2D eigenvalue weighted by atomic mass is 16.5. The molecule has 64 valence electrons. The second kappa shape index (κ2) is 3.27. The highest BCUT2D eigenvalue weighted by molar-refractivity contribution is 5.55. The molecule has 1 aromatic carbocycles. The fraction of sp³-hybridized carbons (Fsp3) is 0. The lowest BCUT2D eigenvalue weighted by Gasteiger charge is -2.02. The van der Waals surface area contributed by atoms with Crippen LogP contribution in [0.15, 0.2) is 54.7 Å². The van der Waals surface area contributed by atoms with E-state index in [1.54, 1.807) is 6.07 Å². The summed E-state index contributed by atoms with van der Waals surface area (Å²) in [4.78, 5) is 0. The Labute approximate surface area is 76.7 Å². The van der Waals surface area contributed by atoms with Crippen LogP contribution in [0.25, 0.3) is 11.3 Å². The largest absolute Gasteiger partial charge is 0.618 e. The van der Waals surface area contributed by atoms with Crippen molar-refractivity contribution in [3.05, 3.63) is 59.9 Å². The average molecular weight is 171 g/mol. The van der Waals surface area contributed by atoms with Crippen molar-refractivity contribution in [1.82, 2.24) is 0 Å². The van der Waals surface area contributed by atoms with E-state index in [-0.39, 0.29) is 0 Å². The molecule has 0 aliphatic carbocycles. The molecular weight excluding hydrogens is 162 g/mol. The highest BCUT2D eigenvalue weighted by Gasteiger charge is 2.04. The van der Waals surface area contributed by atoms with Crippen LogP contribution in [-0.4, -0.2) is 0 Å². The highest BCUT2D eigenvalue weighted by Crippen LogP contribution is 2.12. The number of rotatable bonds is 1. The number of hydrogen-bond donors (Lipinski definition) is 0. The van der Waals surface area contributed by atoms with Crippen LogP contribution >= 0.6 is 0 Å². The second-order valence-corrected chi connectivity index (χ2v) is 2.78. The molecule has 0 amide bonds. The van der Waals surface area contributed by atoms with Gasteiger partial charge in [0.25, 0.3) is 0 Å². The van der Waals surface area contributed by atoms with Crippen molar-refractivity contribution in [2.75, 3.05) is 0 Å². The number of benzene rings is 1. The topological polar surface area (TPSA) is 26.9 Å². The van der Waals surface area contributed by atoms with Gasteiger partial charge in [0.2, 0.25) is 5.69 Å². The zero-order chi connectivity index (χ0) is 9.10. The predicted octanol–water partition coefficient (Wildman–Crippen LogP) is 1.99. The maximum absolute atomic E-state index is 11.3. The minimum atomic E-state index is 0.683. The number of pyridine rings is 1. The molecule has 0 radical (unpaired) electrons.